The van der Waals surface area contributed by atoms with Gasteiger partial charge in [0, 0.05) is 13.7 Å². The molecule has 0 saturated carbocycles. The van der Waals surface area contributed by atoms with Crippen LogP contribution in [0.4, 0.5) is 0 Å². The van der Waals surface area contributed by atoms with Crippen LogP contribution in [0, 0.1) is 0 Å². The van der Waals surface area contributed by atoms with Gasteiger partial charge in [0.25, 0.3) is 0 Å². The molecule has 0 bridgehead atoms. The first kappa shape index (κ1) is 14.9. The van der Waals surface area contributed by atoms with Gasteiger partial charge in [-0.05, 0) is 11.1 Å². The Hall–Kier alpha value is -1.10. The number of amides is 1. The Balaban J connectivity index is 0.00000225. The summed E-state index contributed by atoms with van der Waals surface area (Å²) in [5.41, 5.74) is 7.33. The van der Waals surface area contributed by atoms with Gasteiger partial charge in [0.05, 0.1) is 13.2 Å². The zero-order chi connectivity index (χ0) is 11.1. The van der Waals surface area contributed by atoms with Crippen LogP contribution >= 0.6 is 12.4 Å². The molecule has 0 aliphatic heterocycles. The molecule has 0 aliphatic rings. The number of hydrogen-bond acceptors (Lipinski definition) is 3. The van der Waals surface area contributed by atoms with Gasteiger partial charge in [-0.1, -0.05) is 24.3 Å². The van der Waals surface area contributed by atoms with Gasteiger partial charge in [-0.2, -0.15) is 0 Å². The SMILES string of the molecule is COCc1ccccc1CNC(=O)CN.Cl. The maximum Gasteiger partial charge on any atom is 0.234 e. The van der Waals surface area contributed by atoms with Gasteiger partial charge in [0.15, 0.2) is 0 Å². The van der Waals surface area contributed by atoms with E-state index < -0.39 is 0 Å². The lowest BCUT2D eigenvalue weighted by Crippen LogP contribution is -2.30. The quantitative estimate of drug-likeness (QED) is 0.807. The highest BCUT2D eigenvalue weighted by Gasteiger charge is 2.02. The van der Waals surface area contributed by atoms with Gasteiger partial charge in [-0.15, -0.1) is 12.4 Å². The van der Waals surface area contributed by atoms with E-state index in [1.165, 1.54) is 0 Å². The number of ether oxygens (including phenoxy) is 1. The Kier molecular flexibility index (Phi) is 7.54. The monoisotopic (exact) mass is 244 g/mol. The summed E-state index contributed by atoms with van der Waals surface area (Å²) in [4.78, 5) is 11.0. The lowest BCUT2D eigenvalue weighted by molar-refractivity contribution is -0.119. The number of rotatable bonds is 5. The van der Waals surface area contributed by atoms with Crippen molar-refractivity contribution in [3.8, 4) is 0 Å². The molecule has 0 radical (unpaired) electrons. The predicted octanol–water partition coefficient (Wildman–Crippen LogP) is 0.830. The molecule has 16 heavy (non-hydrogen) atoms. The van der Waals surface area contributed by atoms with E-state index in [4.69, 9.17) is 10.5 Å². The molecular formula is C11H17ClN2O2. The first-order chi connectivity index (χ1) is 7.27. The molecule has 4 nitrogen and oxygen atoms in total. The first-order valence-electron chi connectivity index (χ1n) is 4.80. The van der Waals surface area contributed by atoms with Crippen LogP contribution in [0.15, 0.2) is 24.3 Å². The first-order valence-corrected chi connectivity index (χ1v) is 4.80. The largest absolute Gasteiger partial charge is 0.380 e. The molecule has 0 atom stereocenters. The van der Waals surface area contributed by atoms with Gasteiger partial charge in [0.1, 0.15) is 0 Å². The molecule has 1 rings (SSSR count). The second kappa shape index (κ2) is 8.10. The van der Waals surface area contributed by atoms with Crippen LogP contribution in [-0.4, -0.2) is 19.6 Å². The summed E-state index contributed by atoms with van der Waals surface area (Å²) in [7, 11) is 1.65. The van der Waals surface area contributed by atoms with E-state index >= 15 is 0 Å². The maximum absolute atomic E-state index is 11.0. The third-order valence-electron chi connectivity index (χ3n) is 2.08. The van der Waals surface area contributed by atoms with Gasteiger partial charge >= 0.3 is 0 Å². The summed E-state index contributed by atoms with van der Waals surface area (Å²) >= 11 is 0. The Morgan fingerprint density at radius 2 is 2.00 bits per heavy atom. The van der Waals surface area contributed by atoms with E-state index in [0.717, 1.165) is 11.1 Å². The molecule has 90 valence electrons. The Bertz CT molecular complexity index is 332. The van der Waals surface area contributed by atoms with Crippen molar-refractivity contribution in [1.82, 2.24) is 5.32 Å². The maximum atomic E-state index is 11.0. The van der Waals surface area contributed by atoms with Crippen LogP contribution in [0.3, 0.4) is 0 Å². The minimum absolute atomic E-state index is 0. The van der Waals surface area contributed by atoms with Crippen molar-refractivity contribution in [3.63, 3.8) is 0 Å². The minimum Gasteiger partial charge on any atom is -0.380 e. The van der Waals surface area contributed by atoms with Crippen LogP contribution < -0.4 is 11.1 Å². The molecular weight excluding hydrogens is 228 g/mol. The zero-order valence-corrected chi connectivity index (χ0v) is 10.0. The van der Waals surface area contributed by atoms with Crippen LogP contribution in [-0.2, 0) is 22.7 Å². The lowest BCUT2D eigenvalue weighted by Gasteiger charge is -2.09. The fourth-order valence-corrected chi connectivity index (χ4v) is 1.29. The van der Waals surface area contributed by atoms with Gasteiger partial charge in [0.2, 0.25) is 5.91 Å². The van der Waals surface area contributed by atoms with Crippen LogP contribution in [0.25, 0.3) is 0 Å². The van der Waals surface area contributed by atoms with E-state index in [0.29, 0.717) is 13.2 Å². The zero-order valence-electron chi connectivity index (χ0n) is 9.23. The van der Waals surface area contributed by atoms with E-state index in [9.17, 15) is 4.79 Å². The Morgan fingerprint density at radius 1 is 1.38 bits per heavy atom. The van der Waals surface area contributed by atoms with Crippen LogP contribution in [0.5, 0.6) is 0 Å². The third-order valence-corrected chi connectivity index (χ3v) is 2.08. The fourth-order valence-electron chi connectivity index (χ4n) is 1.29. The summed E-state index contributed by atoms with van der Waals surface area (Å²) in [5, 5.41) is 2.73. The summed E-state index contributed by atoms with van der Waals surface area (Å²) in [6, 6.07) is 7.82. The summed E-state index contributed by atoms with van der Waals surface area (Å²) in [6.07, 6.45) is 0. The third kappa shape index (κ3) is 4.61. The molecule has 1 amide bonds. The Labute approximate surface area is 102 Å². The predicted molar refractivity (Wildman–Crippen MR) is 65.3 cm³/mol. The lowest BCUT2D eigenvalue weighted by atomic mass is 10.1. The minimum atomic E-state index is -0.151. The van der Waals surface area contributed by atoms with Crippen molar-refractivity contribution in [2.45, 2.75) is 13.2 Å². The average Bonchev–Trinajstić information content (AvgIpc) is 2.28. The van der Waals surface area contributed by atoms with Crippen molar-refractivity contribution in [2.75, 3.05) is 13.7 Å². The van der Waals surface area contributed by atoms with Crippen molar-refractivity contribution in [2.24, 2.45) is 5.73 Å². The molecule has 5 heteroatoms. The van der Waals surface area contributed by atoms with E-state index in [2.05, 4.69) is 5.32 Å². The molecule has 0 heterocycles. The molecule has 1 aromatic rings. The van der Waals surface area contributed by atoms with Crippen molar-refractivity contribution in [3.05, 3.63) is 35.4 Å². The highest BCUT2D eigenvalue weighted by atomic mass is 35.5. The summed E-state index contributed by atoms with van der Waals surface area (Å²) in [5.74, 6) is -0.151. The average molecular weight is 245 g/mol. The molecule has 0 aromatic heterocycles. The molecule has 0 aliphatic carbocycles. The van der Waals surface area contributed by atoms with E-state index in [-0.39, 0.29) is 24.9 Å². The number of hydrogen-bond donors (Lipinski definition) is 2. The second-order valence-corrected chi connectivity index (χ2v) is 3.18. The fraction of sp³-hybridized carbons (Fsp3) is 0.364. The number of halogens is 1. The number of carbonyl (C=O) groups excluding carboxylic acids is 1. The van der Waals surface area contributed by atoms with Crippen molar-refractivity contribution in [1.29, 1.82) is 0 Å². The van der Waals surface area contributed by atoms with E-state index in [1.807, 2.05) is 24.3 Å². The number of nitrogens with one attached hydrogen (secondary N) is 1. The topological polar surface area (TPSA) is 64.3 Å². The highest BCUT2D eigenvalue weighted by molar-refractivity contribution is 5.85. The Morgan fingerprint density at radius 3 is 2.56 bits per heavy atom. The second-order valence-electron chi connectivity index (χ2n) is 3.18. The standard InChI is InChI=1S/C11H16N2O2.ClH/c1-15-8-10-5-3-2-4-9(10)7-13-11(14)6-12;/h2-5H,6-8,12H2,1H3,(H,13,14);1H. The van der Waals surface area contributed by atoms with Crippen LogP contribution in [0.2, 0.25) is 0 Å². The number of methoxy groups -OCH3 is 1. The molecule has 0 unspecified atom stereocenters. The molecule has 0 spiro atoms. The van der Waals surface area contributed by atoms with Crippen molar-refractivity contribution >= 4 is 18.3 Å². The smallest absolute Gasteiger partial charge is 0.234 e. The highest BCUT2D eigenvalue weighted by Crippen LogP contribution is 2.09. The van der Waals surface area contributed by atoms with E-state index in [1.54, 1.807) is 7.11 Å². The van der Waals surface area contributed by atoms with Gasteiger partial charge < -0.3 is 15.8 Å². The summed E-state index contributed by atoms with van der Waals surface area (Å²) in [6.45, 7) is 1.07. The van der Waals surface area contributed by atoms with Crippen molar-refractivity contribution < 1.29 is 9.53 Å². The molecule has 1 aromatic carbocycles. The molecule has 0 saturated heterocycles. The molecule has 0 fully saturated rings. The van der Waals surface area contributed by atoms with Gasteiger partial charge in [-0.25, -0.2) is 0 Å². The molecule has 3 N–H and O–H groups in total. The number of nitrogens with two attached hydrogens (primary N) is 1. The van der Waals surface area contributed by atoms with Crippen LogP contribution in [0.1, 0.15) is 11.1 Å². The number of carbonyl (C=O) groups is 1. The normalized spacial score (nSPS) is 9.38. The van der Waals surface area contributed by atoms with Gasteiger partial charge in [-0.3, -0.25) is 4.79 Å². The summed E-state index contributed by atoms with van der Waals surface area (Å²) < 4.78 is 5.06. The number of benzene rings is 1.